The van der Waals surface area contributed by atoms with Crippen LogP contribution in [0.4, 0.5) is 0 Å². The van der Waals surface area contributed by atoms with Gasteiger partial charge in [-0.3, -0.25) is 0 Å². The lowest BCUT2D eigenvalue weighted by Crippen LogP contribution is -2.05. The molecule has 1 fully saturated rings. The maximum absolute atomic E-state index is 10.6. The molecule has 3 rings (SSSR count). The molecule has 0 spiro atoms. The van der Waals surface area contributed by atoms with Crippen molar-refractivity contribution >= 4 is 0 Å². The number of aliphatic hydroxyl groups excluding tert-OH is 1. The minimum Gasteiger partial charge on any atom is -0.388 e. The molecule has 0 amide bonds. The average molecular weight is 266 g/mol. The van der Waals surface area contributed by atoms with Gasteiger partial charge in [0.1, 0.15) is 0 Å². The Morgan fingerprint density at radius 3 is 2.50 bits per heavy atom. The molecule has 0 heterocycles. The van der Waals surface area contributed by atoms with Gasteiger partial charge < -0.3 is 5.11 Å². The third-order valence-corrected chi connectivity index (χ3v) is 4.37. The fourth-order valence-electron chi connectivity index (χ4n) is 2.84. The van der Waals surface area contributed by atoms with Gasteiger partial charge in [-0.15, -0.1) is 0 Å². The van der Waals surface area contributed by atoms with Gasteiger partial charge in [0, 0.05) is 6.42 Å². The second kappa shape index (κ2) is 5.41. The molecule has 2 aromatic rings. The second-order valence-corrected chi connectivity index (χ2v) is 6.04. The van der Waals surface area contributed by atoms with Crippen molar-refractivity contribution in [2.24, 2.45) is 0 Å². The third kappa shape index (κ3) is 2.78. The molecule has 1 heteroatoms. The first-order valence-corrected chi connectivity index (χ1v) is 7.48. The molecule has 20 heavy (non-hydrogen) atoms. The van der Waals surface area contributed by atoms with Gasteiger partial charge in [-0.25, -0.2) is 0 Å². The summed E-state index contributed by atoms with van der Waals surface area (Å²) in [6.07, 6.45) is 2.85. The topological polar surface area (TPSA) is 20.2 Å². The quantitative estimate of drug-likeness (QED) is 0.866. The van der Waals surface area contributed by atoms with Crippen LogP contribution in [0.2, 0.25) is 0 Å². The second-order valence-electron chi connectivity index (χ2n) is 6.04. The van der Waals surface area contributed by atoms with Crippen molar-refractivity contribution in [3.8, 4) is 0 Å². The summed E-state index contributed by atoms with van der Waals surface area (Å²) in [5, 5.41) is 10.6. The van der Waals surface area contributed by atoms with Crippen LogP contribution in [-0.4, -0.2) is 5.11 Å². The van der Waals surface area contributed by atoms with Gasteiger partial charge in [-0.05, 0) is 60.4 Å². The standard InChI is InChI=1S/C19H22O/c1-13-7-8-15(11-14(13)2)12-19(20)18-6-4-3-5-17(18)16-9-10-16/h3-8,11,16,19-20H,9-10,12H2,1-2H3. The first-order valence-electron chi connectivity index (χ1n) is 7.48. The number of aryl methyl sites for hydroxylation is 2. The van der Waals surface area contributed by atoms with E-state index >= 15 is 0 Å². The Labute approximate surface area is 121 Å². The van der Waals surface area contributed by atoms with E-state index in [2.05, 4.69) is 50.2 Å². The zero-order chi connectivity index (χ0) is 14.1. The van der Waals surface area contributed by atoms with Crippen molar-refractivity contribution in [2.75, 3.05) is 0 Å². The molecule has 2 aromatic carbocycles. The van der Waals surface area contributed by atoms with E-state index in [0.717, 1.165) is 5.56 Å². The summed E-state index contributed by atoms with van der Waals surface area (Å²) in [5.41, 5.74) is 6.29. The van der Waals surface area contributed by atoms with E-state index < -0.39 is 6.10 Å². The van der Waals surface area contributed by atoms with Crippen LogP contribution in [-0.2, 0) is 6.42 Å². The molecule has 1 N–H and O–H groups in total. The largest absolute Gasteiger partial charge is 0.388 e. The highest BCUT2D eigenvalue weighted by Crippen LogP contribution is 2.43. The number of hydrogen-bond acceptors (Lipinski definition) is 1. The van der Waals surface area contributed by atoms with E-state index in [4.69, 9.17) is 0 Å². The molecule has 1 aliphatic carbocycles. The fourth-order valence-corrected chi connectivity index (χ4v) is 2.84. The molecular formula is C19H22O. The van der Waals surface area contributed by atoms with Gasteiger partial charge in [-0.1, -0.05) is 42.5 Å². The Bertz CT molecular complexity index is 611. The van der Waals surface area contributed by atoms with E-state index in [-0.39, 0.29) is 0 Å². The van der Waals surface area contributed by atoms with Gasteiger partial charge in [0.2, 0.25) is 0 Å². The maximum atomic E-state index is 10.6. The molecule has 1 atom stereocenters. The Hall–Kier alpha value is -1.60. The molecule has 0 aliphatic heterocycles. The first-order chi connectivity index (χ1) is 9.65. The van der Waals surface area contributed by atoms with Crippen LogP contribution < -0.4 is 0 Å². The van der Waals surface area contributed by atoms with Gasteiger partial charge in [0.05, 0.1) is 6.10 Å². The molecule has 1 aliphatic rings. The SMILES string of the molecule is Cc1ccc(CC(O)c2ccccc2C2CC2)cc1C. The molecule has 0 aromatic heterocycles. The summed E-state index contributed by atoms with van der Waals surface area (Å²) in [6.45, 7) is 4.25. The molecule has 1 unspecified atom stereocenters. The monoisotopic (exact) mass is 266 g/mol. The van der Waals surface area contributed by atoms with Crippen molar-refractivity contribution < 1.29 is 5.11 Å². The average Bonchev–Trinajstić information content (AvgIpc) is 3.27. The van der Waals surface area contributed by atoms with Crippen LogP contribution in [0.15, 0.2) is 42.5 Å². The van der Waals surface area contributed by atoms with Crippen molar-refractivity contribution in [2.45, 2.75) is 45.1 Å². The van der Waals surface area contributed by atoms with Crippen LogP contribution in [0.25, 0.3) is 0 Å². The highest BCUT2D eigenvalue weighted by molar-refractivity contribution is 5.36. The fraction of sp³-hybridized carbons (Fsp3) is 0.368. The Morgan fingerprint density at radius 1 is 1.05 bits per heavy atom. The van der Waals surface area contributed by atoms with Crippen molar-refractivity contribution in [3.05, 3.63) is 70.3 Å². The summed E-state index contributed by atoms with van der Waals surface area (Å²) < 4.78 is 0. The summed E-state index contributed by atoms with van der Waals surface area (Å²) in [7, 11) is 0. The van der Waals surface area contributed by atoms with Crippen molar-refractivity contribution in [1.82, 2.24) is 0 Å². The maximum Gasteiger partial charge on any atom is 0.0833 e. The van der Waals surface area contributed by atoms with E-state index in [0.29, 0.717) is 12.3 Å². The molecular weight excluding hydrogens is 244 g/mol. The minimum atomic E-state index is -0.395. The molecule has 0 radical (unpaired) electrons. The van der Waals surface area contributed by atoms with E-state index in [9.17, 15) is 5.11 Å². The first kappa shape index (κ1) is 13.4. The van der Waals surface area contributed by atoms with Crippen molar-refractivity contribution in [3.63, 3.8) is 0 Å². The van der Waals surface area contributed by atoms with E-state index in [1.54, 1.807) is 0 Å². The van der Waals surface area contributed by atoms with Crippen LogP contribution in [0.1, 0.15) is 52.7 Å². The molecule has 1 saturated carbocycles. The smallest absolute Gasteiger partial charge is 0.0833 e. The van der Waals surface area contributed by atoms with Crippen LogP contribution >= 0.6 is 0 Å². The normalized spacial score (nSPS) is 16.1. The lowest BCUT2D eigenvalue weighted by molar-refractivity contribution is 0.177. The number of benzene rings is 2. The summed E-state index contributed by atoms with van der Waals surface area (Å²) in [6, 6.07) is 14.8. The van der Waals surface area contributed by atoms with E-state index in [1.165, 1.54) is 35.1 Å². The molecule has 1 nitrogen and oxygen atoms in total. The van der Waals surface area contributed by atoms with Crippen LogP contribution in [0, 0.1) is 13.8 Å². The molecule has 0 saturated heterocycles. The zero-order valence-corrected chi connectivity index (χ0v) is 12.3. The highest BCUT2D eigenvalue weighted by atomic mass is 16.3. The lowest BCUT2D eigenvalue weighted by atomic mass is 9.94. The predicted octanol–water partition coefficient (Wildman–Crippen LogP) is 4.46. The van der Waals surface area contributed by atoms with E-state index in [1.807, 2.05) is 6.07 Å². The number of aliphatic hydroxyl groups is 1. The zero-order valence-electron chi connectivity index (χ0n) is 12.3. The molecule has 104 valence electrons. The Morgan fingerprint density at radius 2 is 1.80 bits per heavy atom. The van der Waals surface area contributed by atoms with Crippen molar-refractivity contribution in [1.29, 1.82) is 0 Å². The van der Waals surface area contributed by atoms with Gasteiger partial charge in [-0.2, -0.15) is 0 Å². The Balaban J connectivity index is 1.82. The summed E-state index contributed by atoms with van der Waals surface area (Å²) in [5.74, 6) is 0.681. The third-order valence-electron chi connectivity index (χ3n) is 4.37. The number of rotatable bonds is 4. The lowest BCUT2D eigenvalue weighted by Gasteiger charge is -2.16. The number of hydrogen-bond donors (Lipinski definition) is 1. The van der Waals surface area contributed by atoms with Crippen LogP contribution in [0.5, 0.6) is 0 Å². The minimum absolute atomic E-state index is 0.395. The summed E-state index contributed by atoms with van der Waals surface area (Å²) in [4.78, 5) is 0. The Kier molecular flexibility index (Phi) is 3.62. The summed E-state index contributed by atoms with van der Waals surface area (Å²) >= 11 is 0. The predicted molar refractivity (Wildman–Crippen MR) is 83.0 cm³/mol. The van der Waals surface area contributed by atoms with Crippen LogP contribution in [0.3, 0.4) is 0 Å². The molecule has 0 bridgehead atoms. The van der Waals surface area contributed by atoms with Gasteiger partial charge in [0.15, 0.2) is 0 Å². The highest BCUT2D eigenvalue weighted by Gasteiger charge is 2.27. The van der Waals surface area contributed by atoms with Gasteiger partial charge >= 0.3 is 0 Å². The van der Waals surface area contributed by atoms with Gasteiger partial charge in [0.25, 0.3) is 0 Å².